The van der Waals surface area contributed by atoms with Crippen LogP contribution < -0.4 is 0 Å². The lowest BCUT2D eigenvalue weighted by atomic mass is 9.60. The molecule has 1 spiro atoms. The van der Waals surface area contributed by atoms with Gasteiger partial charge in [0.15, 0.2) is 0 Å². The number of likely N-dealkylation sites (tertiary alicyclic amines) is 1. The SMILES string of the molecule is O[C@H]1CCC12CN(C(c1ccccc1)c1ccccc1)C2. The second-order valence-corrected chi connectivity index (χ2v) is 6.55. The Kier molecular flexibility index (Phi) is 3.09. The summed E-state index contributed by atoms with van der Waals surface area (Å²) in [6, 6.07) is 21.7. The Hall–Kier alpha value is -1.64. The molecule has 2 fully saturated rings. The Morgan fingerprint density at radius 1 is 0.905 bits per heavy atom. The van der Waals surface area contributed by atoms with Gasteiger partial charge in [-0.2, -0.15) is 0 Å². The Morgan fingerprint density at radius 2 is 1.43 bits per heavy atom. The summed E-state index contributed by atoms with van der Waals surface area (Å²) < 4.78 is 0. The van der Waals surface area contributed by atoms with E-state index >= 15 is 0 Å². The molecule has 4 rings (SSSR count). The van der Waals surface area contributed by atoms with Crippen LogP contribution >= 0.6 is 0 Å². The van der Waals surface area contributed by atoms with Crippen molar-refractivity contribution in [1.82, 2.24) is 4.90 Å². The molecule has 1 atom stereocenters. The topological polar surface area (TPSA) is 23.5 Å². The van der Waals surface area contributed by atoms with Crippen molar-refractivity contribution in [3.8, 4) is 0 Å². The van der Waals surface area contributed by atoms with Crippen LogP contribution in [-0.4, -0.2) is 29.2 Å². The molecule has 0 radical (unpaired) electrons. The molecule has 1 aliphatic carbocycles. The molecule has 1 saturated carbocycles. The molecule has 21 heavy (non-hydrogen) atoms. The Labute approximate surface area is 126 Å². The van der Waals surface area contributed by atoms with E-state index in [2.05, 4.69) is 65.6 Å². The third-order valence-corrected chi connectivity index (χ3v) is 5.25. The van der Waals surface area contributed by atoms with Crippen LogP contribution in [0, 0.1) is 5.41 Å². The van der Waals surface area contributed by atoms with E-state index in [0.717, 1.165) is 19.5 Å². The Morgan fingerprint density at radius 3 is 1.81 bits per heavy atom. The molecule has 2 heteroatoms. The molecule has 0 bridgehead atoms. The van der Waals surface area contributed by atoms with Crippen molar-refractivity contribution < 1.29 is 5.11 Å². The first-order valence-electron chi connectivity index (χ1n) is 7.81. The van der Waals surface area contributed by atoms with Gasteiger partial charge in [0.05, 0.1) is 12.1 Å². The fourth-order valence-corrected chi connectivity index (χ4v) is 3.88. The van der Waals surface area contributed by atoms with Crippen molar-refractivity contribution in [2.24, 2.45) is 5.41 Å². The van der Waals surface area contributed by atoms with E-state index < -0.39 is 0 Å². The largest absolute Gasteiger partial charge is 0.392 e. The summed E-state index contributed by atoms with van der Waals surface area (Å²) in [5, 5.41) is 10.0. The normalized spacial score (nSPS) is 23.8. The highest BCUT2D eigenvalue weighted by Gasteiger charge is 2.55. The first kappa shape index (κ1) is 13.1. The second kappa shape index (κ2) is 4.97. The van der Waals surface area contributed by atoms with Crippen LogP contribution in [0.3, 0.4) is 0 Å². The maximum absolute atomic E-state index is 10.0. The summed E-state index contributed by atoms with van der Waals surface area (Å²) in [6.07, 6.45) is 2.08. The number of aliphatic hydroxyl groups is 1. The third kappa shape index (κ3) is 2.10. The molecular formula is C19H21NO. The molecule has 0 unspecified atom stereocenters. The Balaban J connectivity index is 1.63. The van der Waals surface area contributed by atoms with Crippen LogP contribution in [0.4, 0.5) is 0 Å². The highest BCUT2D eigenvalue weighted by molar-refractivity contribution is 5.33. The van der Waals surface area contributed by atoms with Crippen molar-refractivity contribution >= 4 is 0 Å². The van der Waals surface area contributed by atoms with Gasteiger partial charge in [0, 0.05) is 18.5 Å². The minimum absolute atomic E-state index is 0.0825. The minimum Gasteiger partial charge on any atom is -0.392 e. The fraction of sp³-hybridized carbons (Fsp3) is 0.368. The van der Waals surface area contributed by atoms with Gasteiger partial charge in [-0.15, -0.1) is 0 Å². The van der Waals surface area contributed by atoms with Crippen molar-refractivity contribution in [3.63, 3.8) is 0 Å². The zero-order valence-electron chi connectivity index (χ0n) is 12.2. The predicted molar refractivity (Wildman–Crippen MR) is 84.0 cm³/mol. The van der Waals surface area contributed by atoms with Crippen LogP contribution in [0.5, 0.6) is 0 Å². The third-order valence-electron chi connectivity index (χ3n) is 5.25. The molecule has 1 saturated heterocycles. The van der Waals surface area contributed by atoms with Crippen LogP contribution in [0.25, 0.3) is 0 Å². The quantitative estimate of drug-likeness (QED) is 0.932. The standard InChI is InChI=1S/C19H21NO/c21-17-11-12-19(17)13-20(14-19)18(15-7-3-1-4-8-15)16-9-5-2-6-10-16/h1-10,17-18,21H,11-14H2/t17-/m0/s1. The van der Waals surface area contributed by atoms with Gasteiger partial charge in [0.2, 0.25) is 0 Å². The molecule has 0 amide bonds. The number of benzene rings is 2. The highest BCUT2D eigenvalue weighted by Crippen LogP contribution is 2.51. The van der Waals surface area contributed by atoms with Gasteiger partial charge in [0.25, 0.3) is 0 Å². The summed E-state index contributed by atoms with van der Waals surface area (Å²) in [4.78, 5) is 2.51. The van der Waals surface area contributed by atoms with Gasteiger partial charge in [-0.25, -0.2) is 0 Å². The van der Waals surface area contributed by atoms with Crippen molar-refractivity contribution in [1.29, 1.82) is 0 Å². The average molecular weight is 279 g/mol. The highest BCUT2D eigenvalue weighted by atomic mass is 16.3. The molecule has 108 valence electrons. The summed E-state index contributed by atoms with van der Waals surface area (Å²) in [6.45, 7) is 2.03. The van der Waals surface area contributed by atoms with Crippen LogP contribution in [-0.2, 0) is 0 Å². The molecule has 2 aromatic rings. The number of hydrogen-bond acceptors (Lipinski definition) is 2. The zero-order valence-corrected chi connectivity index (χ0v) is 12.2. The molecule has 0 aromatic heterocycles. The number of hydrogen-bond donors (Lipinski definition) is 1. The molecule has 1 heterocycles. The van der Waals surface area contributed by atoms with Crippen LogP contribution in [0.15, 0.2) is 60.7 Å². The first-order valence-corrected chi connectivity index (χ1v) is 7.81. The van der Waals surface area contributed by atoms with Crippen LogP contribution in [0.2, 0.25) is 0 Å². The number of aliphatic hydroxyl groups excluding tert-OH is 1. The summed E-state index contributed by atoms with van der Waals surface area (Å²) >= 11 is 0. The molecule has 2 aliphatic rings. The molecule has 1 N–H and O–H groups in total. The lowest BCUT2D eigenvalue weighted by Crippen LogP contribution is -2.67. The summed E-state index contributed by atoms with van der Waals surface area (Å²) in [5.74, 6) is 0. The van der Waals surface area contributed by atoms with Gasteiger partial charge >= 0.3 is 0 Å². The molecular weight excluding hydrogens is 258 g/mol. The van der Waals surface area contributed by atoms with E-state index in [1.165, 1.54) is 17.5 Å². The first-order chi connectivity index (χ1) is 10.3. The minimum atomic E-state index is -0.0825. The second-order valence-electron chi connectivity index (χ2n) is 6.55. The molecule has 2 aromatic carbocycles. The van der Waals surface area contributed by atoms with Gasteiger partial charge in [-0.1, -0.05) is 60.7 Å². The lowest BCUT2D eigenvalue weighted by molar-refractivity contribution is -0.166. The zero-order chi connectivity index (χ0) is 14.3. The van der Waals surface area contributed by atoms with E-state index in [1.54, 1.807) is 0 Å². The molecule has 2 nitrogen and oxygen atoms in total. The lowest BCUT2D eigenvalue weighted by Gasteiger charge is -2.61. The maximum atomic E-state index is 10.0. The molecule has 1 aliphatic heterocycles. The van der Waals surface area contributed by atoms with Gasteiger partial charge in [-0.05, 0) is 24.0 Å². The number of rotatable bonds is 3. The number of nitrogens with zero attached hydrogens (tertiary/aromatic N) is 1. The average Bonchev–Trinajstić information content (AvgIpc) is 2.50. The van der Waals surface area contributed by atoms with E-state index in [0.29, 0.717) is 6.04 Å². The van der Waals surface area contributed by atoms with Crippen molar-refractivity contribution in [2.45, 2.75) is 25.0 Å². The predicted octanol–water partition coefficient (Wildman–Crippen LogP) is 3.23. The van der Waals surface area contributed by atoms with Gasteiger partial charge in [0.1, 0.15) is 0 Å². The van der Waals surface area contributed by atoms with E-state index in [9.17, 15) is 5.11 Å². The van der Waals surface area contributed by atoms with Crippen molar-refractivity contribution in [2.75, 3.05) is 13.1 Å². The Bertz CT molecular complexity index is 564. The van der Waals surface area contributed by atoms with E-state index in [-0.39, 0.29) is 11.5 Å². The van der Waals surface area contributed by atoms with Crippen molar-refractivity contribution in [3.05, 3.63) is 71.8 Å². The fourth-order valence-electron chi connectivity index (χ4n) is 3.88. The summed E-state index contributed by atoms with van der Waals surface area (Å²) in [5.41, 5.74) is 2.88. The van der Waals surface area contributed by atoms with Gasteiger partial charge in [-0.3, -0.25) is 4.90 Å². The smallest absolute Gasteiger partial charge is 0.0621 e. The summed E-state index contributed by atoms with van der Waals surface area (Å²) in [7, 11) is 0. The van der Waals surface area contributed by atoms with Gasteiger partial charge < -0.3 is 5.11 Å². The van der Waals surface area contributed by atoms with Crippen LogP contribution in [0.1, 0.15) is 30.0 Å². The monoisotopic (exact) mass is 279 g/mol. The van der Waals surface area contributed by atoms with E-state index in [1.807, 2.05) is 0 Å². The van der Waals surface area contributed by atoms with E-state index in [4.69, 9.17) is 0 Å². The maximum Gasteiger partial charge on any atom is 0.0621 e.